The first-order valence-electron chi connectivity index (χ1n) is 4.95. The van der Waals surface area contributed by atoms with Gasteiger partial charge in [-0.15, -0.1) is 0 Å². The maximum absolute atomic E-state index is 10.7. The zero-order valence-corrected chi connectivity index (χ0v) is 8.84. The van der Waals surface area contributed by atoms with Crippen molar-refractivity contribution in [1.29, 1.82) is 5.26 Å². The molecule has 1 aliphatic heterocycles. The van der Waals surface area contributed by atoms with Crippen LogP contribution in [-0.4, -0.2) is 24.3 Å². The van der Waals surface area contributed by atoms with Crippen LogP contribution >= 0.6 is 0 Å². The van der Waals surface area contributed by atoms with E-state index in [1.54, 1.807) is 24.3 Å². The first-order chi connectivity index (χ1) is 8.20. The summed E-state index contributed by atoms with van der Waals surface area (Å²) in [4.78, 5) is 10.7. The Morgan fingerprint density at radius 1 is 1.35 bits per heavy atom. The molecule has 0 radical (unpaired) electrons. The molecule has 86 valence electrons. The van der Waals surface area contributed by atoms with Crippen LogP contribution in [0.4, 0.5) is 0 Å². The third-order valence-corrected chi connectivity index (χ3v) is 2.23. The fraction of sp³-hybridized carbons (Fsp3) is 0.167. The second kappa shape index (κ2) is 4.58. The van der Waals surface area contributed by atoms with Gasteiger partial charge in [0.2, 0.25) is 0 Å². The zero-order valence-electron chi connectivity index (χ0n) is 8.84. The van der Waals surface area contributed by atoms with Crippen LogP contribution < -0.4 is 9.47 Å². The van der Waals surface area contributed by atoms with Gasteiger partial charge in [-0.3, -0.25) is 0 Å². The van der Waals surface area contributed by atoms with Crippen molar-refractivity contribution >= 4 is 12.0 Å². The molecule has 5 nitrogen and oxygen atoms in total. The SMILES string of the molecule is N#CC(=Cc1ccc2c(c1)OCCO2)C(=O)O. The molecule has 0 saturated carbocycles. The molecule has 0 aliphatic carbocycles. The molecular formula is C12H9NO4. The summed E-state index contributed by atoms with van der Waals surface area (Å²) in [6, 6.07) is 6.63. The average Bonchev–Trinajstić information content (AvgIpc) is 2.35. The van der Waals surface area contributed by atoms with Gasteiger partial charge in [-0.25, -0.2) is 4.79 Å². The number of nitrogens with zero attached hydrogens (tertiary/aromatic N) is 1. The Morgan fingerprint density at radius 2 is 2.06 bits per heavy atom. The van der Waals surface area contributed by atoms with Gasteiger partial charge in [-0.2, -0.15) is 5.26 Å². The van der Waals surface area contributed by atoms with Crippen molar-refractivity contribution in [1.82, 2.24) is 0 Å². The molecule has 0 amide bonds. The second-order valence-electron chi connectivity index (χ2n) is 3.38. The highest BCUT2D eigenvalue weighted by Gasteiger charge is 2.12. The summed E-state index contributed by atoms with van der Waals surface area (Å²) >= 11 is 0. The fourth-order valence-corrected chi connectivity index (χ4v) is 1.46. The van der Waals surface area contributed by atoms with E-state index in [0.717, 1.165) is 0 Å². The Labute approximate surface area is 97.5 Å². The van der Waals surface area contributed by atoms with Crippen molar-refractivity contribution in [3.8, 4) is 17.6 Å². The minimum Gasteiger partial charge on any atom is -0.486 e. The molecule has 0 atom stereocenters. The number of ether oxygens (including phenoxy) is 2. The van der Waals surface area contributed by atoms with E-state index in [0.29, 0.717) is 30.3 Å². The predicted molar refractivity (Wildman–Crippen MR) is 58.7 cm³/mol. The van der Waals surface area contributed by atoms with Gasteiger partial charge in [-0.05, 0) is 23.8 Å². The molecule has 0 aromatic heterocycles. The van der Waals surface area contributed by atoms with E-state index in [9.17, 15) is 4.79 Å². The zero-order chi connectivity index (χ0) is 12.3. The lowest BCUT2D eigenvalue weighted by Gasteiger charge is -2.18. The lowest BCUT2D eigenvalue weighted by atomic mass is 10.1. The molecule has 1 heterocycles. The number of benzene rings is 1. The molecule has 17 heavy (non-hydrogen) atoms. The fourth-order valence-electron chi connectivity index (χ4n) is 1.46. The topological polar surface area (TPSA) is 79.5 Å². The van der Waals surface area contributed by atoms with Crippen molar-refractivity contribution in [2.75, 3.05) is 13.2 Å². The summed E-state index contributed by atoms with van der Waals surface area (Å²) in [5.41, 5.74) is 0.273. The van der Waals surface area contributed by atoms with Crippen LogP contribution in [0.25, 0.3) is 6.08 Å². The molecule has 1 N–H and O–H groups in total. The van der Waals surface area contributed by atoms with Gasteiger partial charge in [0.1, 0.15) is 24.9 Å². The van der Waals surface area contributed by atoms with Gasteiger partial charge < -0.3 is 14.6 Å². The molecule has 2 rings (SSSR count). The Balaban J connectivity index is 2.35. The summed E-state index contributed by atoms with van der Waals surface area (Å²) in [6.07, 6.45) is 1.29. The second-order valence-corrected chi connectivity index (χ2v) is 3.38. The number of carbonyl (C=O) groups is 1. The van der Waals surface area contributed by atoms with Crippen LogP contribution in [0.15, 0.2) is 23.8 Å². The number of carboxylic acids is 1. The van der Waals surface area contributed by atoms with E-state index in [2.05, 4.69) is 0 Å². The van der Waals surface area contributed by atoms with Crippen LogP contribution in [0.1, 0.15) is 5.56 Å². The van der Waals surface area contributed by atoms with E-state index in [-0.39, 0.29) is 5.57 Å². The molecule has 5 heteroatoms. The maximum atomic E-state index is 10.7. The number of nitriles is 1. The number of aliphatic carboxylic acids is 1. The first-order valence-corrected chi connectivity index (χ1v) is 4.95. The van der Waals surface area contributed by atoms with E-state index in [4.69, 9.17) is 19.8 Å². The Bertz CT molecular complexity index is 528. The standard InChI is InChI=1S/C12H9NO4/c13-7-9(12(14)15)5-8-1-2-10-11(6-8)17-4-3-16-10/h1-2,5-6H,3-4H2,(H,14,15). The third kappa shape index (κ3) is 2.37. The number of rotatable bonds is 2. The van der Waals surface area contributed by atoms with Crippen molar-refractivity contribution in [3.63, 3.8) is 0 Å². The van der Waals surface area contributed by atoms with Crippen molar-refractivity contribution < 1.29 is 19.4 Å². The molecule has 0 bridgehead atoms. The molecule has 1 aromatic carbocycles. The van der Waals surface area contributed by atoms with Crippen LogP contribution in [-0.2, 0) is 4.79 Å². The van der Waals surface area contributed by atoms with Crippen molar-refractivity contribution in [3.05, 3.63) is 29.3 Å². The van der Waals surface area contributed by atoms with E-state index >= 15 is 0 Å². The first kappa shape index (κ1) is 11.0. The smallest absolute Gasteiger partial charge is 0.346 e. The summed E-state index contributed by atoms with van der Waals surface area (Å²) in [7, 11) is 0. The summed E-state index contributed by atoms with van der Waals surface area (Å²) in [6.45, 7) is 0.963. The largest absolute Gasteiger partial charge is 0.486 e. The van der Waals surface area contributed by atoms with Crippen LogP contribution in [0.3, 0.4) is 0 Å². The molecule has 0 fully saturated rings. The van der Waals surface area contributed by atoms with Crippen molar-refractivity contribution in [2.45, 2.75) is 0 Å². The van der Waals surface area contributed by atoms with Gasteiger partial charge >= 0.3 is 5.97 Å². The van der Waals surface area contributed by atoms with Gasteiger partial charge in [0.05, 0.1) is 0 Å². The Morgan fingerprint density at radius 3 is 2.71 bits per heavy atom. The van der Waals surface area contributed by atoms with E-state index < -0.39 is 5.97 Å². The van der Waals surface area contributed by atoms with Crippen LogP contribution in [0.5, 0.6) is 11.5 Å². The normalized spacial score (nSPS) is 13.9. The summed E-state index contributed by atoms with van der Waals surface area (Å²) < 4.78 is 10.7. The lowest BCUT2D eigenvalue weighted by molar-refractivity contribution is -0.132. The molecule has 0 spiro atoms. The summed E-state index contributed by atoms with van der Waals surface area (Å²) in [5, 5.41) is 17.4. The predicted octanol–water partition coefficient (Wildman–Crippen LogP) is 1.45. The highest BCUT2D eigenvalue weighted by Crippen LogP contribution is 2.31. The molecular weight excluding hydrogens is 222 g/mol. The molecule has 0 saturated heterocycles. The minimum atomic E-state index is -1.25. The van der Waals surface area contributed by atoms with Crippen molar-refractivity contribution in [2.24, 2.45) is 0 Å². The number of hydrogen-bond acceptors (Lipinski definition) is 4. The third-order valence-electron chi connectivity index (χ3n) is 2.23. The van der Waals surface area contributed by atoms with Crippen LogP contribution in [0, 0.1) is 11.3 Å². The minimum absolute atomic E-state index is 0.318. The molecule has 1 aliphatic rings. The van der Waals surface area contributed by atoms with Gasteiger partial charge in [-0.1, -0.05) is 6.07 Å². The number of hydrogen-bond donors (Lipinski definition) is 1. The number of carboxylic acid groups (broad SMARTS) is 1. The molecule has 1 aromatic rings. The van der Waals surface area contributed by atoms with Gasteiger partial charge in [0, 0.05) is 0 Å². The highest BCUT2D eigenvalue weighted by molar-refractivity contribution is 5.96. The van der Waals surface area contributed by atoms with E-state index in [1.165, 1.54) is 6.08 Å². The maximum Gasteiger partial charge on any atom is 0.346 e. The molecule has 0 unspecified atom stereocenters. The van der Waals surface area contributed by atoms with Gasteiger partial charge in [0.15, 0.2) is 11.5 Å². The van der Waals surface area contributed by atoms with Gasteiger partial charge in [0.25, 0.3) is 0 Å². The van der Waals surface area contributed by atoms with Crippen LogP contribution in [0.2, 0.25) is 0 Å². The Kier molecular flexibility index (Phi) is 2.97. The monoisotopic (exact) mass is 231 g/mol. The summed E-state index contributed by atoms with van der Waals surface area (Å²) in [5.74, 6) is -0.0581. The quantitative estimate of drug-likeness (QED) is 0.615. The van der Waals surface area contributed by atoms with E-state index in [1.807, 2.05) is 0 Å². The average molecular weight is 231 g/mol. The lowest BCUT2D eigenvalue weighted by Crippen LogP contribution is -2.15. The highest BCUT2D eigenvalue weighted by atomic mass is 16.6. The number of fused-ring (bicyclic) bond motifs is 1. The Hall–Kier alpha value is -2.48.